The van der Waals surface area contributed by atoms with E-state index in [2.05, 4.69) is 10.3 Å². The van der Waals surface area contributed by atoms with E-state index in [0.717, 1.165) is 36.8 Å². The van der Waals surface area contributed by atoms with E-state index in [1.54, 1.807) is 0 Å². The van der Waals surface area contributed by atoms with Crippen molar-refractivity contribution in [2.45, 2.75) is 44.1 Å². The molecule has 1 aliphatic heterocycles. The zero-order valence-corrected chi connectivity index (χ0v) is 13.4. The fourth-order valence-corrected chi connectivity index (χ4v) is 3.89. The molecule has 1 spiro atoms. The SMILES string of the molecule is O=C1C[C@H](C(=O)NCCc2nc3ccccc3o2)C2(CCCC2)O1. The van der Waals surface area contributed by atoms with Crippen molar-refractivity contribution in [2.75, 3.05) is 6.54 Å². The van der Waals surface area contributed by atoms with Gasteiger partial charge in [-0.25, -0.2) is 4.98 Å². The number of hydrogen-bond acceptors (Lipinski definition) is 5. The number of carbonyl (C=O) groups excluding carboxylic acids is 2. The molecular weight excluding hydrogens is 308 g/mol. The summed E-state index contributed by atoms with van der Waals surface area (Å²) < 4.78 is 11.2. The van der Waals surface area contributed by atoms with Gasteiger partial charge in [0, 0.05) is 13.0 Å². The van der Waals surface area contributed by atoms with Crippen molar-refractivity contribution >= 4 is 23.0 Å². The van der Waals surface area contributed by atoms with Crippen molar-refractivity contribution in [1.29, 1.82) is 0 Å². The number of carbonyl (C=O) groups is 2. The molecule has 1 saturated heterocycles. The van der Waals surface area contributed by atoms with Crippen LogP contribution in [0.2, 0.25) is 0 Å². The van der Waals surface area contributed by atoms with E-state index in [-0.39, 0.29) is 24.2 Å². The molecule has 0 radical (unpaired) electrons. The van der Waals surface area contributed by atoms with Crippen LogP contribution in [0.15, 0.2) is 28.7 Å². The minimum absolute atomic E-state index is 0.0983. The molecule has 1 aromatic heterocycles. The molecular formula is C18H20N2O4. The van der Waals surface area contributed by atoms with Gasteiger partial charge in [0.25, 0.3) is 0 Å². The number of hydrogen-bond donors (Lipinski definition) is 1. The topological polar surface area (TPSA) is 81.4 Å². The molecule has 1 aromatic carbocycles. The number of para-hydroxylation sites is 2. The van der Waals surface area contributed by atoms with Gasteiger partial charge < -0.3 is 14.5 Å². The summed E-state index contributed by atoms with van der Waals surface area (Å²) in [4.78, 5) is 28.6. The van der Waals surface area contributed by atoms with E-state index < -0.39 is 5.60 Å². The highest BCUT2D eigenvalue weighted by molar-refractivity contribution is 5.88. The molecule has 1 amide bonds. The first-order chi connectivity index (χ1) is 11.7. The van der Waals surface area contributed by atoms with Crippen LogP contribution < -0.4 is 5.32 Å². The summed E-state index contributed by atoms with van der Waals surface area (Å²) in [5.74, 6) is -0.114. The smallest absolute Gasteiger partial charge is 0.307 e. The van der Waals surface area contributed by atoms with Crippen molar-refractivity contribution < 1.29 is 18.7 Å². The Morgan fingerprint density at radius 3 is 2.88 bits per heavy atom. The van der Waals surface area contributed by atoms with Crippen molar-refractivity contribution in [3.8, 4) is 0 Å². The van der Waals surface area contributed by atoms with Crippen molar-refractivity contribution in [3.05, 3.63) is 30.2 Å². The zero-order valence-electron chi connectivity index (χ0n) is 13.4. The summed E-state index contributed by atoms with van der Waals surface area (Å²) in [5.41, 5.74) is 1.01. The summed E-state index contributed by atoms with van der Waals surface area (Å²) >= 11 is 0. The Morgan fingerprint density at radius 2 is 2.08 bits per heavy atom. The van der Waals surface area contributed by atoms with Gasteiger partial charge in [-0.15, -0.1) is 0 Å². The molecule has 6 heteroatoms. The van der Waals surface area contributed by atoms with E-state index in [4.69, 9.17) is 9.15 Å². The summed E-state index contributed by atoms with van der Waals surface area (Å²) in [7, 11) is 0. The van der Waals surface area contributed by atoms with Crippen LogP contribution in [0.3, 0.4) is 0 Å². The summed E-state index contributed by atoms with van der Waals surface area (Å²) in [5, 5.41) is 2.92. The summed E-state index contributed by atoms with van der Waals surface area (Å²) in [6.45, 7) is 0.437. The normalized spacial score (nSPS) is 22.2. The van der Waals surface area contributed by atoms with E-state index >= 15 is 0 Å². The highest BCUT2D eigenvalue weighted by atomic mass is 16.6. The van der Waals surface area contributed by atoms with E-state index in [0.29, 0.717) is 18.9 Å². The second-order valence-electron chi connectivity index (χ2n) is 6.62. The molecule has 4 rings (SSSR count). The Kier molecular flexibility index (Phi) is 3.75. The molecule has 1 atom stereocenters. The quantitative estimate of drug-likeness (QED) is 0.871. The van der Waals surface area contributed by atoms with Gasteiger partial charge in [-0.2, -0.15) is 0 Å². The molecule has 0 bridgehead atoms. The van der Waals surface area contributed by atoms with Gasteiger partial charge in [0.05, 0.1) is 12.3 Å². The minimum Gasteiger partial charge on any atom is -0.458 e. The number of aromatic nitrogens is 1. The van der Waals surface area contributed by atoms with Crippen LogP contribution in [-0.4, -0.2) is 29.0 Å². The van der Waals surface area contributed by atoms with Crippen LogP contribution in [-0.2, 0) is 20.7 Å². The van der Waals surface area contributed by atoms with Crippen molar-refractivity contribution in [2.24, 2.45) is 5.92 Å². The number of nitrogens with zero attached hydrogens (tertiary/aromatic N) is 1. The molecule has 2 heterocycles. The van der Waals surface area contributed by atoms with Crippen LogP contribution in [0.4, 0.5) is 0 Å². The Hall–Kier alpha value is -2.37. The molecule has 6 nitrogen and oxygen atoms in total. The number of benzene rings is 1. The molecule has 0 unspecified atom stereocenters. The second kappa shape index (κ2) is 5.92. The number of ether oxygens (including phenoxy) is 1. The average molecular weight is 328 g/mol. The molecule has 1 saturated carbocycles. The second-order valence-corrected chi connectivity index (χ2v) is 6.62. The molecule has 1 aliphatic carbocycles. The maximum Gasteiger partial charge on any atom is 0.307 e. The molecule has 24 heavy (non-hydrogen) atoms. The third kappa shape index (κ3) is 2.66. The van der Waals surface area contributed by atoms with Crippen LogP contribution in [0.5, 0.6) is 0 Å². The van der Waals surface area contributed by atoms with Gasteiger partial charge in [0.2, 0.25) is 5.91 Å². The standard InChI is InChI=1S/C18H20N2O4/c21-16-11-12(18(24-16)8-3-4-9-18)17(22)19-10-7-15-20-13-5-1-2-6-14(13)23-15/h1-2,5-6,12H,3-4,7-11H2,(H,19,22)/t12-/m1/s1. The third-order valence-electron chi connectivity index (χ3n) is 5.07. The predicted octanol–water partition coefficient (Wildman–Crippen LogP) is 2.36. The van der Waals surface area contributed by atoms with Gasteiger partial charge in [0.1, 0.15) is 11.1 Å². The first-order valence-corrected chi connectivity index (χ1v) is 8.50. The fourth-order valence-electron chi connectivity index (χ4n) is 3.89. The average Bonchev–Trinajstić information content (AvgIpc) is 3.26. The van der Waals surface area contributed by atoms with Gasteiger partial charge in [0.15, 0.2) is 11.5 Å². The molecule has 126 valence electrons. The fraction of sp³-hybridized carbons (Fsp3) is 0.500. The van der Waals surface area contributed by atoms with Crippen LogP contribution >= 0.6 is 0 Å². The van der Waals surface area contributed by atoms with Crippen LogP contribution in [0.1, 0.15) is 38.0 Å². The molecule has 2 fully saturated rings. The van der Waals surface area contributed by atoms with Gasteiger partial charge in [-0.3, -0.25) is 9.59 Å². The maximum atomic E-state index is 12.5. The van der Waals surface area contributed by atoms with Crippen LogP contribution in [0, 0.1) is 5.92 Å². The summed E-state index contributed by atoms with van der Waals surface area (Å²) in [6, 6.07) is 7.58. The number of nitrogens with one attached hydrogen (secondary N) is 1. The zero-order chi connectivity index (χ0) is 16.6. The minimum atomic E-state index is -0.557. The highest BCUT2D eigenvalue weighted by Gasteiger charge is 2.53. The highest BCUT2D eigenvalue weighted by Crippen LogP contribution is 2.45. The van der Waals surface area contributed by atoms with Gasteiger partial charge >= 0.3 is 5.97 Å². The first kappa shape index (κ1) is 15.2. The lowest BCUT2D eigenvalue weighted by Crippen LogP contribution is -2.43. The Balaban J connectivity index is 1.37. The molecule has 2 aliphatic rings. The lowest BCUT2D eigenvalue weighted by atomic mass is 9.85. The lowest BCUT2D eigenvalue weighted by Gasteiger charge is -2.27. The number of oxazole rings is 1. The number of rotatable bonds is 4. The van der Waals surface area contributed by atoms with Gasteiger partial charge in [-0.05, 0) is 37.8 Å². The predicted molar refractivity (Wildman–Crippen MR) is 86.1 cm³/mol. The Morgan fingerprint density at radius 1 is 1.29 bits per heavy atom. The number of fused-ring (bicyclic) bond motifs is 1. The maximum absolute atomic E-state index is 12.5. The third-order valence-corrected chi connectivity index (χ3v) is 5.07. The Labute approximate surface area is 139 Å². The van der Waals surface area contributed by atoms with Crippen molar-refractivity contribution in [1.82, 2.24) is 10.3 Å². The van der Waals surface area contributed by atoms with E-state index in [9.17, 15) is 9.59 Å². The van der Waals surface area contributed by atoms with E-state index in [1.165, 1.54) is 0 Å². The lowest BCUT2D eigenvalue weighted by molar-refractivity contribution is -0.149. The van der Waals surface area contributed by atoms with Crippen molar-refractivity contribution in [3.63, 3.8) is 0 Å². The largest absolute Gasteiger partial charge is 0.458 e. The number of amides is 1. The van der Waals surface area contributed by atoms with Gasteiger partial charge in [-0.1, -0.05) is 12.1 Å². The Bertz CT molecular complexity index is 743. The van der Waals surface area contributed by atoms with Crippen LogP contribution in [0.25, 0.3) is 11.1 Å². The molecule has 2 aromatic rings. The monoisotopic (exact) mass is 328 g/mol. The number of esters is 1. The summed E-state index contributed by atoms with van der Waals surface area (Å²) in [6.07, 6.45) is 4.33. The van der Waals surface area contributed by atoms with E-state index in [1.807, 2.05) is 24.3 Å². The molecule has 1 N–H and O–H groups in total. The first-order valence-electron chi connectivity index (χ1n) is 8.50.